The van der Waals surface area contributed by atoms with Gasteiger partial charge in [-0.15, -0.1) is 5.43 Å². The van der Waals surface area contributed by atoms with Crippen LogP contribution < -0.4 is 11.2 Å². The number of unbranched alkanes of at least 4 members (excludes halogenated alkanes) is 29. The van der Waals surface area contributed by atoms with Gasteiger partial charge >= 0.3 is 5.03 Å². The average molecular weight is 583 g/mol. The van der Waals surface area contributed by atoms with Gasteiger partial charge in [-0.25, -0.2) is 0 Å². The largest absolute Gasteiger partial charge is 0.358 e. The van der Waals surface area contributed by atoms with Gasteiger partial charge in [0.1, 0.15) is 4.91 Å². The van der Waals surface area contributed by atoms with E-state index in [0.29, 0.717) is 11.6 Å². The Morgan fingerprint density at radius 3 is 1.05 bits per heavy atom. The van der Waals surface area contributed by atoms with Gasteiger partial charge in [0.05, 0.1) is 6.54 Å². The summed E-state index contributed by atoms with van der Waals surface area (Å²) in [6, 6.07) is 0. The van der Waals surface area contributed by atoms with Gasteiger partial charge in [-0.1, -0.05) is 200 Å². The number of hydrazine groups is 1. The highest BCUT2D eigenvalue weighted by molar-refractivity contribution is 4.52. The van der Waals surface area contributed by atoms with Crippen LogP contribution in [0.1, 0.15) is 219 Å². The fraction of sp³-hybridized carbons (Fsp3) is 1.00. The molecule has 0 aromatic rings. The van der Waals surface area contributed by atoms with Gasteiger partial charge in [0.2, 0.25) is 6.23 Å². The van der Waals surface area contributed by atoms with Crippen LogP contribution in [0.25, 0.3) is 0 Å². The van der Waals surface area contributed by atoms with E-state index in [0.717, 1.165) is 19.3 Å². The third kappa shape index (κ3) is 35.3. The summed E-state index contributed by atoms with van der Waals surface area (Å²) in [7, 11) is 0. The van der Waals surface area contributed by atoms with E-state index in [1.54, 1.807) is 0 Å². The van der Waals surface area contributed by atoms with E-state index in [2.05, 4.69) is 19.3 Å². The molecule has 0 aromatic carbocycles. The predicted molar refractivity (Wildman–Crippen MR) is 180 cm³/mol. The zero-order chi connectivity index (χ0) is 29.9. The van der Waals surface area contributed by atoms with Gasteiger partial charge in [0, 0.05) is 6.42 Å². The van der Waals surface area contributed by atoms with Crippen LogP contribution >= 0.6 is 0 Å². The molecule has 0 aliphatic heterocycles. The lowest BCUT2D eigenvalue weighted by molar-refractivity contribution is -0.852. The van der Waals surface area contributed by atoms with Crippen LogP contribution in [0.15, 0.2) is 0 Å². The molecule has 41 heavy (non-hydrogen) atoms. The van der Waals surface area contributed by atoms with Crippen LogP contribution in [0.2, 0.25) is 0 Å². The molecule has 0 fully saturated rings. The monoisotopic (exact) mass is 583 g/mol. The molecule has 3 N–H and O–H groups in total. The van der Waals surface area contributed by atoms with E-state index < -0.39 is 6.23 Å². The SMILES string of the molecule is CCCCCCCCCCCCCCCCCCN[N+](=O)OC(N)CCCCCCCCCCCCCCCCC. The molecular formula is C36H76N3O2+. The Kier molecular flexibility index (Phi) is 34.6. The van der Waals surface area contributed by atoms with E-state index in [1.807, 2.05) is 0 Å². The van der Waals surface area contributed by atoms with Crippen molar-refractivity contribution < 1.29 is 9.87 Å². The smallest absolute Gasteiger partial charge is 0.290 e. The zero-order valence-electron chi connectivity index (χ0n) is 28.3. The van der Waals surface area contributed by atoms with Crippen molar-refractivity contribution in [2.45, 2.75) is 226 Å². The van der Waals surface area contributed by atoms with Gasteiger partial charge in [-0.3, -0.25) is 5.73 Å². The lowest BCUT2D eigenvalue weighted by atomic mass is 10.0. The summed E-state index contributed by atoms with van der Waals surface area (Å²) >= 11 is 0. The minimum atomic E-state index is -0.507. The van der Waals surface area contributed by atoms with Crippen LogP contribution in [0.3, 0.4) is 0 Å². The van der Waals surface area contributed by atoms with Crippen molar-refractivity contribution in [3.63, 3.8) is 0 Å². The van der Waals surface area contributed by atoms with Crippen LogP contribution in [0.5, 0.6) is 0 Å². The highest BCUT2D eigenvalue weighted by Crippen LogP contribution is 2.15. The minimum Gasteiger partial charge on any atom is -0.290 e. The van der Waals surface area contributed by atoms with E-state index in [1.165, 1.54) is 186 Å². The lowest BCUT2D eigenvalue weighted by Gasteiger charge is -2.06. The Labute approximate surface area is 257 Å². The van der Waals surface area contributed by atoms with Crippen LogP contribution in [-0.4, -0.2) is 17.8 Å². The van der Waals surface area contributed by atoms with E-state index in [-0.39, 0.29) is 0 Å². The number of hydrogen-bond acceptors (Lipinski definition) is 3. The molecule has 0 bridgehead atoms. The molecule has 0 amide bonds. The molecule has 0 saturated carbocycles. The molecule has 5 nitrogen and oxygen atoms in total. The summed E-state index contributed by atoms with van der Waals surface area (Å²) in [5.74, 6) is 0. The first-order valence-electron chi connectivity index (χ1n) is 18.8. The van der Waals surface area contributed by atoms with Crippen LogP contribution in [0, 0.1) is 4.91 Å². The third-order valence-electron chi connectivity index (χ3n) is 8.59. The maximum absolute atomic E-state index is 11.9. The van der Waals surface area contributed by atoms with Crippen molar-refractivity contribution in [3.05, 3.63) is 4.91 Å². The first-order valence-corrected chi connectivity index (χ1v) is 18.8. The topological polar surface area (TPSA) is 67.4 Å². The highest BCUT2D eigenvalue weighted by atomic mass is 16.8. The summed E-state index contributed by atoms with van der Waals surface area (Å²) in [4.78, 5) is 17.1. The van der Waals surface area contributed by atoms with Gasteiger partial charge in [0.25, 0.3) is 0 Å². The molecule has 0 radical (unpaired) electrons. The Morgan fingerprint density at radius 2 is 0.732 bits per heavy atom. The fourth-order valence-corrected chi connectivity index (χ4v) is 5.77. The first-order chi connectivity index (χ1) is 20.2. The molecule has 1 atom stereocenters. The molecule has 246 valence electrons. The Morgan fingerprint density at radius 1 is 0.463 bits per heavy atom. The quantitative estimate of drug-likeness (QED) is 0.0438. The molecule has 0 spiro atoms. The van der Waals surface area contributed by atoms with E-state index in [9.17, 15) is 4.91 Å². The molecular weight excluding hydrogens is 506 g/mol. The molecule has 0 saturated heterocycles. The van der Waals surface area contributed by atoms with Crippen molar-refractivity contribution in [1.29, 1.82) is 0 Å². The van der Waals surface area contributed by atoms with Crippen LogP contribution in [0.4, 0.5) is 0 Å². The first kappa shape index (κ1) is 40.2. The Hall–Kier alpha value is -0.840. The molecule has 0 aliphatic rings. The molecule has 5 heteroatoms. The van der Waals surface area contributed by atoms with E-state index in [4.69, 9.17) is 10.6 Å². The fourth-order valence-electron chi connectivity index (χ4n) is 5.77. The highest BCUT2D eigenvalue weighted by Gasteiger charge is 2.15. The van der Waals surface area contributed by atoms with Crippen molar-refractivity contribution >= 4 is 0 Å². The molecule has 0 aliphatic carbocycles. The zero-order valence-corrected chi connectivity index (χ0v) is 28.3. The second-order valence-corrected chi connectivity index (χ2v) is 12.9. The van der Waals surface area contributed by atoms with Gasteiger partial charge in [-0.05, 0) is 12.8 Å². The maximum atomic E-state index is 11.9. The predicted octanol–water partition coefficient (Wildman–Crippen LogP) is 12.0. The van der Waals surface area contributed by atoms with Crippen molar-refractivity contribution in [3.8, 4) is 0 Å². The van der Waals surface area contributed by atoms with Gasteiger partial charge in [0.15, 0.2) is 0 Å². The molecule has 0 aromatic heterocycles. The van der Waals surface area contributed by atoms with Crippen molar-refractivity contribution in [1.82, 2.24) is 5.43 Å². The summed E-state index contributed by atoms with van der Waals surface area (Å²) in [6.07, 6.45) is 42.2. The van der Waals surface area contributed by atoms with Gasteiger partial charge in [-0.2, -0.15) is 4.84 Å². The van der Waals surface area contributed by atoms with Crippen LogP contribution in [-0.2, 0) is 4.84 Å². The maximum Gasteiger partial charge on any atom is 0.358 e. The molecule has 1 unspecified atom stereocenters. The number of nitrogens with one attached hydrogen (secondary N) is 1. The molecule has 0 rings (SSSR count). The normalized spacial score (nSPS) is 12.1. The summed E-state index contributed by atoms with van der Waals surface area (Å²) < 4.78 is 0. The summed E-state index contributed by atoms with van der Waals surface area (Å²) in [6.45, 7) is 5.23. The number of hydrogen-bond donors (Lipinski definition) is 2. The third-order valence-corrected chi connectivity index (χ3v) is 8.59. The minimum absolute atomic E-state index is 0.487. The summed E-state index contributed by atoms with van der Waals surface area (Å²) in [5.41, 5.74) is 8.78. The second-order valence-electron chi connectivity index (χ2n) is 12.9. The second kappa shape index (κ2) is 35.4. The Bertz CT molecular complexity index is 503. The van der Waals surface area contributed by atoms with E-state index >= 15 is 0 Å². The lowest BCUT2D eigenvalue weighted by Crippen LogP contribution is -2.35. The average Bonchev–Trinajstić information content (AvgIpc) is 2.96. The standard InChI is InChI=1S/C36H76N3O2/c1-3-5-7-9-11-13-15-17-19-21-23-25-27-29-31-33-35-38-39(40)41-36(37)34-32-30-28-26-24-22-20-18-16-14-12-10-8-6-4-2/h36H,3-35,37H2,1-2H3,(H,38,40)/q+1. The number of nitrogens with zero attached hydrogens (tertiary/aromatic N) is 1. The number of nitrogens with two attached hydrogens (primary N) is 1. The Balaban J connectivity index is 3.26. The van der Waals surface area contributed by atoms with Crippen molar-refractivity contribution in [2.24, 2.45) is 5.73 Å². The van der Waals surface area contributed by atoms with Crippen molar-refractivity contribution in [2.75, 3.05) is 6.54 Å². The summed E-state index contributed by atoms with van der Waals surface area (Å²) in [5, 5.41) is 0.487. The molecule has 0 heterocycles. The van der Waals surface area contributed by atoms with Gasteiger partial charge < -0.3 is 0 Å². The number of rotatable bonds is 36.